The lowest BCUT2D eigenvalue weighted by molar-refractivity contribution is 1.08. The number of benzene rings is 3. The number of nitrogens with zero attached hydrogens (tertiary/aromatic N) is 5. The molecule has 0 unspecified atom stereocenters. The van der Waals surface area contributed by atoms with E-state index in [1.165, 1.54) is 0 Å². The van der Waals surface area contributed by atoms with Gasteiger partial charge in [-0.25, -0.2) is 0 Å². The van der Waals surface area contributed by atoms with E-state index in [0.29, 0.717) is 5.78 Å². The Kier molecular flexibility index (Phi) is 4.15. The van der Waals surface area contributed by atoms with E-state index >= 15 is 0 Å². The van der Waals surface area contributed by atoms with Gasteiger partial charge in [-0.1, -0.05) is 48.2 Å². The molecule has 0 bridgehead atoms. The van der Waals surface area contributed by atoms with Crippen LogP contribution in [0.1, 0.15) is 11.1 Å². The largest absolute Gasteiger partial charge is 0.329 e. The lowest BCUT2D eigenvalue weighted by Gasteiger charge is -2.20. The van der Waals surface area contributed by atoms with E-state index in [1.807, 2.05) is 66.0 Å². The van der Waals surface area contributed by atoms with E-state index in [1.54, 1.807) is 6.33 Å². The molecule has 0 aliphatic carbocycles. The number of rotatable bonds is 2. The highest BCUT2D eigenvalue weighted by molar-refractivity contribution is 5.94. The van der Waals surface area contributed by atoms with Gasteiger partial charge in [0, 0.05) is 29.2 Å². The standard InChI is InChI=1S/C24H17N5/c1-28(20-10-6-3-7-11-20)23-21-15-14-19(13-12-18-8-4-2-5-9-18)16-22(21)29-17-25-27-24(29)26-23/h2-11,14-17H,1H3. The molecule has 0 radical (unpaired) electrons. The van der Waals surface area contributed by atoms with Crippen molar-refractivity contribution >= 4 is 28.2 Å². The molecule has 0 aliphatic rings. The SMILES string of the molecule is CN(c1ccccc1)c1nc2nncn2c2cc(C#Cc3ccccc3)ccc12. The van der Waals surface area contributed by atoms with Crippen LogP contribution >= 0.6 is 0 Å². The third-order valence-corrected chi connectivity index (χ3v) is 4.82. The summed E-state index contributed by atoms with van der Waals surface area (Å²) in [6, 6.07) is 26.3. The maximum Gasteiger partial charge on any atom is 0.257 e. The quantitative estimate of drug-likeness (QED) is 0.428. The minimum atomic E-state index is 0.559. The molecule has 138 valence electrons. The molecule has 2 aromatic heterocycles. The predicted molar refractivity (Wildman–Crippen MR) is 115 cm³/mol. The Morgan fingerprint density at radius 1 is 0.828 bits per heavy atom. The Balaban J connectivity index is 1.67. The summed E-state index contributed by atoms with van der Waals surface area (Å²) in [5, 5.41) is 9.22. The average Bonchev–Trinajstić information content (AvgIpc) is 3.27. The van der Waals surface area contributed by atoms with Crippen molar-refractivity contribution in [3.63, 3.8) is 0 Å². The molecule has 0 aliphatic heterocycles. The molecule has 0 atom stereocenters. The Hall–Kier alpha value is -4.17. The van der Waals surface area contributed by atoms with Crippen LogP contribution in [-0.2, 0) is 0 Å². The lowest BCUT2D eigenvalue weighted by Crippen LogP contribution is -2.12. The first-order valence-corrected chi connectivity index (χ1v) is 9.29. The van der Waals surface area contributed by atoms with Crippen molar-refractivity contribution in [2.45, 2.75) is 0 Å². The first-order chi connectivity index (χ1) is 14.3. The van der Waals surface area contributed by atoms with Crippen LogP contribution in [0, 0.1) is 11.8 Å². The second kappa shape index (κ2) is 7.10. The predicted octanol–water partition coefficient (Wildman–Crippen LogP) is 4.45. The normalized spacial score (nSPS) is 10.7. The molecule has 3 aromatic carbocycles. The molecular weight excluding hydrogens is 358 g/mol. The minimum absolute atomic E-state index is 0.559. The number of fused-ring (bicyclic) bond motifs is 3. The summed E-state index contributed by atoms with van der Waals surface area (Å²) in [7, 11) is 2.01. The second-order valence-corrected chi connectivity index (χ2v) is 6.68. The van der Waals surface area contributed by atoms with Gasteiger partial charge in [-0.2, -0.15) is 4.98 Å². The maximum absolute atomic E-state index is 4.74. The first kappa shape index (κ1) is 17.0. The third kappa shape index (κ3) is 3.17. The van der Waals surface area contributed by atoms with Crippen LogP contribution in [0.3, 0.4) is 0 Å². The monoisotopic (exact) mass is 375 g/mol. The van der Waals surface area contributed by atoms with Crippen LogP contribution in [-0.4, -0.2) is 26.6 Å². The van der Waals surface area contributed by atoms with Crippen molar-refractivity contribution in [1.82, 2.24) is 19.6 Å². The van der Waals surface area contributed by atoms with Crippen LogP contribution in [0.25, 0.3) is 16.7 Å². The topological polar surface area (TPSA) is 46.3 Å². The van der Waals surface area contributed by atoms with Gasteiger partial charge in [-0.3, -0.25) is 4.40 Å². The van der Waals surface area contributed by atoms with Crippen LogP contribution in [0.2, 0.25) is 0 Å². The van der Waals surface area contributed by atoms with E-state index in [-0.39, 0.29) is 0 Å². The van der Waals surface area contributed by atoms with E-state index in [4.69, 9.17) is 4.98 Å². The summed E-state index contributed by atoms with van der Waals surface area (Å²) in [6.45, 7) is 0. The zero-order valence-corrected chi connectivity index (χ0v) is 15.8. The van der Waals surface area contributed by atoms with Crippen molar-refractivity contribution in [2.24, 2.45) is 0 Å². The molecule has 0 fully saturated rings. The van der Waals surface area contributed by atoms with Gasteiger partial charge in [0.2, 0.25) is 0 Å². The molecule has 5 rings (SSSR count). The van der Waals surface area contributed by atoms with Crippen LogP contribution in [0.4, 0.5) is 11.5 Å². The van der Waals surface area contributed by atoms with Crippen molar-refractivity contribution in [2.75, 3.05) is 11.9 Å². The van der Waals surface area contributed by atoms with Gasteiger partial charge < -0.3 is 4.90 Å². The van der Waals surface area contributed by atoms with E-state index in [2.05, 4.69) is 51.2 Å². The van der Waals surface area contributed by atoms with E-state index in [0.717, 1.165) is 33.5 Å². The lowest BCUT2D eigenvalue weighted by atomic mass is 10.1. The van der Waals surface area contributed by atoms with Gasteiger partial charge in [0.15, 0.2) is 0 Å². The molecule has 5 aromatic rings. The van der Waals surface area contributed by atoms with E-state index < -0.39 is 0 Å². The fourth-order valence-electron chi connectivity index (χ4n) is 3.32. The molecule has 29 heavy (non-hydrogen) atoms. The molecular formula is C24H17N5. The summed E-state index contributed by atoms with van der Waals surface area (Å²) in [4.78, 5) is 6.80. The first-order valence-electron chi connectivity index (χ1n) is 9.29. The molecule has 0 N–H and O–H groups in total. The highest BCUT2D eigenvalue weighted by atomic mass is 15.3. The molecule has 0 amide bonds. The summed E-state index contributed by atoms with van der Waals surface area (Å²) < 4.78 is 1.89. The number of hydrogen-bond donors (Lipinski definition) is 0. The molecule has 5 nitrogen and oxygen atoms in total. The van der Waals surface area contributed by atoms with E-state index in [9.17, 15) is 0 Å². The van der Waals surface area contributed by atoms with Gasteiger partial charge in [-0.15, -0.1) is 10.2 Å². The summed E-state index contributed by atoms with van der Waals surface area (Å²) >= 11 is 0. The smallest absolute Gasteiger partial charge is 0.257 e. The van der Waals surface area contributed by atoms with Gasteiger partial charge >= 0.3 is 0 Å². The van der Waals surface area contributed by atoms with Crippen LogP contribution < -0.4 is 4.90 Å². The summed E-state index contributed by atoms with van der Waals surface area (Å²) in [5.74, 6) is 7.85. The van der Waals surface area contributed by atoms with Crippen LogP contribution in [0.15, 0.2) is 85.2 Å². The molecule has 5 heteroatoms. The Morgan fingerprint density at radius 2 is 1.55 bits per heavy atom. The van der Waals surface area contributed by atoms with Crippen molar-refractivity contribution < 1.29 is 0 Å². The van der Waals surface area contributed by atoms with Crippen LogP contribution in [0.5, 0.6) is 0 Å². The number of hydrogen-bond acceptors (Lipinski definition) is 4. The molecule has 0 saturated heterocycles. The average molecular weight is 375 g/mol. The zero-order chi connectivity index (χ0) is 19.6. The Labute approximate surface area is 168 Å². The highest BCUT2D eigenvalue weighted by Crippen LogP contribution is 2.30. The molecule has 2 heterocycles. The maximum atomic E-state index is 4.74. The fourth-order valence-corrected chi connectivity index (χ4v) is 3.32. The second-order valence-electron chi connectivity index (χ2n) is 6.68. The van der Waals surface area contributed by atoms with Gasteiger partial charge in [0.1, 0.15) is 12.1 Å². The summed E-state index contributed by atoms with van der Waals surface area (Å²) in [5.41, 5.74) is 3.94. The van der Waals surface area contributed by atoms with Crippen molar-refractivity contribution in [3.8, 4) is 11.8 Å². The van der Waals surface area contributed by atoms with Gasteiger partial charge in [0.25, 0.3) is 5.78 Å². The van der Waals surface area contributed by atoms with Crippen molar-refractivity contribution in [1.29, 1.82) is 0 Å². The Bertz CT molecular complexity index is 1360. The van der Waals surface area contributed by atoms with Gasteiger partial charge in [0.05, 0.1) is 5.52 Å². The summed E-state index contributed by atoms with van der Waals surface area (Å²) in [6.07, 6.45) is 1.69. The third-order valence-electron chi connectivity index (χ3n) is 4.82. The Morgan fingerprint density at radius 3 is 2.34 bits per heavy atom. The highest BCUT2D eigenvalue weighted by Gasteiger charge is 2.14. The van der Waals surface area contributed by atoms with Gasteiger partial charge in [-0.05, 0) is 42.5 Å². The molecule has 0 spiro atoms. The fraction of sp³-hybridized carbons (Fsp3) is 0.0417. The number of anilines is 2. The molecule has 0 saturated carbocycles. The number of aromatic nitrogens is 4. The zero-order valence-electron chi connectivity index (χ0n) is 15.8. The minimum Gasteiger partial charge on any atom is -0.329 e. The number of para-hydroxylation sites is 1. The van der Waals surface area contributed by atoms with Crippen molar-refractivity contribution in [3.05, 3.63) is 96.3 Å².